The van der Waals surface area contributed by atoms with Crippen molar-refractivity contribution in [3.05, 3.63) is 29.8 Å². The number of primary amides is 1. The molecule has 1 aromatic rings. The maximum absolute atomic E-state index is 13.1. The lowest BCUT2D eigenvalue weighted by Crippen LogP contribution is -2.60. The van der Waals surface area contributed by atoms with Crippen molar-refractivity contribution in [1.82, 2.24) is 16.0 Å². The van der Waals surface area contributed by atoms with Crippen LogP contribution in [-0.2, 0) is 30.4 Å². The third kappa shape index (κ3) is 10.4. The number of phenolic OH excluding ortho intramolecular Hbond substituents is 1. The second-order valence-electron chi connectivity index (χ2n) is 8.98. The summed E-state index contributed by atoms with van der Waals surface area (Å²) in [5, 5.41) is 36.4. The van der Waals surface area contributed by atoms with E-state index in [9.17, 15) is 39.3 Å². The van der Waals surface area contributed by atoms with E-state index >= 15 is 0 Å². The van der Waals surface area contributed by atoms with Crippen LogP contribution < -0.4 is 27.4 Å². The molecule has 4 amide bonds. The lowest BCUT2D eigenvalue weighted by atomic mass is 9.98. The number of nitrogens with one attached hydrogen (secondary N) is 3. The highest BCUT2D eigenvalue weighted by Crippen LogP contribution is 2.13. The topological polar surface area (TPSA) is 234 Å². The van der Waals surface area contributed by atoms with Crippen molar-refractivity contribution in [2.24, 2.45) is 17.4 Å². The number of aliphatic hydroxyl groups is 1. The number of phenols is 1. The van der Waals surface area contributed by atoms with E-state index in [1.54, 1.807) is 13.8 Å². The fraction of sp³-hybridized carbons (Fsp3) is 0.542. The van der Waals surface area contributed by atoms with E-state index in [-0.39, 0.29) is 25.0 Å². The van der Waals surface area contributed by atoms with E-state index in [4.69, 9.17) is 11.5 Å². The molecule has 0 aliphatic carbocycles. The van der Waals surface area contributed by atoms with Crippen molar-refractivity contribution in [1.29, 1.82) is 0 Å². The molecular weight excluding hydrogens is 486 g/mol. The van der Waals surface area contributed by atoms with E-state index in [1.165, 1.54) is 31.2 Å². The Labute approximate surface area is 215 Å². The number of carboxylic acids is 1. The van der Waals surface area contributed by atoms with Crippen LogP contribution in [0.1, 0.15) is 45.6 Å². The van der Waals surface area contributed by atoms with Gasteiger partial charge in [0.1, 0.15) is 23.9 Å². The van der Waals surface area contributed by atoms with Gasteiger partial charge in [0.15, 0.2) is 0 Å². The van der Waals surface area contributed by atoms with Gasteiger partial charge in [0, 0.05) is 12.8 Å². The Bertz CT molecular complexity index is 953. The van der Waals surface area contributed by atoms with E-state index in [0.717, 1.165) is 0 Å². The Morgan fingerprint density at radius 2 is 1.49 bits per heavy atom. The standard InChI is InChI=1S/C24H37N5O8/c1-4-12(2)19(24(36)37)28-22(34)17(11-14-5-7-15(31)8-6-14)27-23(35)20(13(3)30)29-21(33)16(25)9-10-18(26)32/h5-8,12-13,16-17,19-20,30-31H,4,9-11,25H2,1-3H3,(H2,26,32)(H,27,35)(H,28,34)(H,29,33)(H,36,37). The lowest BCUT2D eigenvalue weighted by molar-refractivity contribution is -0.144. The number of carbonyl (C=O) groups is 5. The number of benzene rings is 1. The Kier molecular flexibility index (Phi) is 12.5. The molecule has 0 fully saturated rings. The van der Waals surface area contributed by atoms with Crippen LogP contribution in [-0.4, -0.2) is 75.2 Å². The summed E-state index contributed by atoms with van der Waals surface area (Å²) in [6.45, 7) is 4.68. The number of hydrogen-bond donors (Lipinski definition) is 8. The van der Waals surface area contributed by atoms with Crippen molar-refractivity contribution in [2.75, 3.05) is 0 Å². The fourth-order valence-electron chi connectivity index (χ4n) is 3.37. The van der Waals surface area contributed by atoms with Gasteiger partial charge in [-0.3, -0.25) is 19.2 Å². The van der Waals surface area contributed by atoms with E-state index in [2.05, 4.69) is 16.0 Å². The number of rotatable bonds is 15. The van der Waals surface area contributed by atoms with E-state index in [1.807, 2.05) is 0 Å². The third-order valence-corrected chi connectivity index (χ3v) is 5.89. The molecular formula is C24H37N5O8. The molecule has 6 atom stereocenters. The summed E-state index contributed by atoms with van der Waals surface area (Å²) in [5.41, 5.74) is 11.3. The molecule has 206 valence electrons. The first-order chi connectivity index (χ1) is 17.3. The van der Waals surface area contributed by atoms with Gasteiger partial charge in [-0.25, -0.2) is 4.79 Å². The summed E-state index contributed by atoms with van der Waals surface area (Å²) in [4.78, 5) is 61.2. The Morgan fingerprint density at radius 1 is 0.919 bits per heavy atom. The minimum atomic E-state index is -1.51. The number of aliphatic hydroxyl groups excluding tert-OH is 1. The molecule has 10 N–H and O–H groups in total. The number of carbonyl (C=O) groups excluding carboxylic acids is 4. The molecule has 0 aromatic heterocycles. The summed E-state index contributed by atoms with van der Waals surface area (Å²) in [5.74, 6) is -4.84. The van der Waals surface area contributed by atoms with Gasteiger partial charge in [-0.05, 0) is 37.0 Å². The van der Waals surface area contributed by atoms with Crippen LogP contribution in [0.3, 0.4) is 0 Å². The predicted molar refractivity (Wildman–Crippen MR) is 133 cm³/mol. The molecule has 0 saturated carbocycles. The van der Waals surface area contributed by atoms with Gasteiger partial charge in [-0.15, -0.1) is 0 Å². The highest BCUT2D eigenvalue weighted by atomic mass is 16.4. The number of amides is 4. The minimum Gasteiger partial charge on any atom is -0.508 e. The zero-order chi connectivity index (χ0) is 28.3. The van der Waals surface area contributed by atoms with Gasteiger partial charge in [0.25, 0.3) is 0 Å². The first-order valence-corrected chi connectivity index (χ1v) is 11.9. The van der Waals surface area contributed by atoms with Crippen LogP contribution >= 0.6 is 0 Å². The zero-order valence-corrected chi connectivity index (χ0v) is 21.1. The zero-order valence-electron chi connectivity index (χ0n) is 21.1. The number of carboxylic acid groups (broad SMARTS) is 1. The molecule has 0 aliphatic heterocycles. The molecule has 6 unspecified atom stereocenters. The highest BCUT2D eigenvalue weighted by molar-refractivity contribution is 5.94. The molecule has 1 aromatic carbocycles. The second-order valence-corrected chi connectivity index (χ2v) is 8.98. The van der Waals surface area contributed by atoms with Crippen molar-refractivity contribution in [3.8, 4) is 5.75 Å². The normalized spacial score (nSPS) is 15.8. The molecule has 1 rings (SSSR count). The summed E-state index contributed by atoms with van der Waals surface area (Å²) >= 11 is 0. The predicted octanol–water partition coefficient (Wildman–Crippen LogP) is -1.51. The average Bonchev–Trinajstić information content (AvgIpc) is 2.83. The van der Waals surface area contributed by atoms with Crippen LogP contribution in [0.5, 0.6) is 5.75 Å². The lowest BCUT2D eigenvalue weighted by Gasteiger charge is -2.27. The van der Waals surface area contributed by atoms with Crippen LogP contribution in [0, 0.1) is 5.92 Å². The molecule has 0 saturated heterocycles. The van der Waals surface area contributed by atoms with Crippen molar-refractivity contribution >= 4 is 29.6 Å². The highest BCUT2D eigenvalue weighted by Gasteiger charge is 2.33. The number of hydrogen-bond acceptors (Lipinski definition) is 8. The van der Waals surface area contributed by atoms with Crippen molar-refractivity contribution in [2.45, 2.75) is 76.7 Å². The van der Waals surface area contributed by atoms with Crippen LogP contribution in [0.4, 0.5) is 0 Å². The first kappa shape index (κ1) is 31.3. The van der Waals surface area contributed by atoms with Crippen molar-refractivity contribution < 1.29 is 39.3 Å². The van der Waals surface area contributed by atoms with Gasteiger partial charge in [-0.1, -0.05) is 32.4 Å². The van der Waals surface area contributed by atoms with E-state index < -0.39 is 65.8 Å². The van der Waals surface area contributed by atoms with Gasteiger partial charge >= 0.3 is 5.97 Å². The molecule has 0 radical (unpaired) electrons. The monoisotopic (exact) mass is 523 g/mol. The molecule has 37 heavy (non-hydrogen) atoms. The first-order valence-electron chi connectivity index (χ1n) is 11.9. The fourth-order valence-corrected chi connectivity index (χ4v) is 3.37. The summed E-state index contributed by atoms with van der Waals surface area (Å²) in [6, 6.07) is 0.636. The average molecular weight is 524 g/mol. The molecule has 0 spiro atoms. The van der Waals surface area contributed by atoms with Gasteiger partial charge in [-0.2, -0.15) is 0 Å². The quantitative estimate of drug-likeness (QED) is 0.133. The number of aliphatic carboxylic acids is 1. The Balaban J connectivity index is 3.12. The smallest absolute Gasteiger partial charge is 0.326 e. The Morgan fingerprint density at radius 3 is 1.97 bits per heavy atom. The second kappa shape index (κ2) is 14.8. The summed E-state index contributed by atoms with van der Waals surface area (Å²) in [7, 11) is 0. The molecule has 0 heterocycles. The van der Waals surface area contributed by atoms with Gasteiger partial charge in [0.05, 0.1) is 12.1 Å². The number of nitrogens with two attached hydrogens (primary N) is 2. The summed E-state index contributed by atoms with van der Waals surface area (Å²) < 4.78 is 0. The maximum atomic E-state index is 13.1. The Hall–Kier alpha value is -3.71. The molecule has 0 bridgehead atoms. The maximum Gasteiger partial charge on any atom is 0.326 e. The number of aromatic hydroxyl groups is 1. The van der Waals surface area contributed by atoms with Crippen molar-refractivity contribution in [3.63, 3.8) is 0 Å². The van der Waals surface area contributed by atoms with Crippen LogP contribution in [0.15, 0.2) is 24.3 Å². The minimum absolute atomic E-state index is 0.0129. The van der Waals surface area contributed by atoms with Gasteiger partial charge < -0.3 is 42.7 Å². The molecule has 13 nitrogen and oxygen atoms in total. The molecule has 13 heteroatoms. The SMILES string of the molecule is CCC(C)C(NC(=O)C(Cc1ccc(O)cc1)NC(=O)C(NC(=O)C(N)CCC(N)=O)C(C)O)C(=O)O. The largest absolute Gasteiger partial charge is 0.508 e. The van der Waals surface area contributed by atoms with E-state index in [0.29, 0.717) is 12.0 Å². The molecule has 0 aliphatic rings. The summed E-state index contributed by atoms with van der Waals surface area (Å²) in [6.07, 6.45) is -1.23. The van der Waals surface area contributed by atoms with Crippen LogP contribution in [0.2, 0.25) is 0 Å². The van der Waals surface area contributed by atoms with Crippen LogP contribution in [0.25, 0.3) is 0 Å². The third-order valence-electron chi connectivity index (χ3n) is 5.89. The van der Waals surface area contributed by atoms with Gasteiger partial charge in [0.2, 0.25) is 23.6 Å².